The van der Waals surface area contributed by atoms with Crippen LogP contribution in [0.15, 0.2) is 18.5 Å². The molecule has 0 bridgehead atoms. The van der Waals surface area contributed by atoms with Crippen molar-refractivity contribution in [2.24, 2.45) is 0 Å². The van der Waals surface area contributed by atoms with Crippen molar-refractivity contribution in [2.75, 3.05) is 17.7 Å². The maximum absolute atomic E-state index is 4.42. The van der Waals surface area contributed by atoms with Crippen LogP contribution in [-0.2, 0) is 6.42 Å². The van der Waals surface area contributed by atoms with Gasteiger partial charge < -0.3 is 10.6 Å². The molecular weight excluding hydrogens is 268 g/mol. The highest BCUT2D eigenvalue weighted by Crippen LogP contribution is 2.28. The molecule has 0 saturated heterocycles. The van der Waals surface area contributed by atoms with Gasteiger partial charge in [-0.05, 0) is 32.4 Å². The molecule has 2 rings (SSSR count). The Morgan fingerprint density at radius 1 is 1.25 bits per heavy atom. The fourth-order valence-electron chi connectivity index (χ4n) is 2.20. The summed E-state index contributed by atoms with van der Waals surface area (Å²) < 4.78 is 0. The average molecular weight is 290 g/mol. The first-order chi connectivity index (χ1) is 9.65. The van der Waals surface area contributed by atoms with Crippen LogP contribution in [-0.4, -0.2) is 17.0 Å². The number of nitrogens with zero attached hydrogens (tertiary/aromatic N) is 2. The summed E-state index contributed by atoms with van der Waals surface area (Å²) in [5.74, 6) is 1.85. The van der Waals surface area contributed by atoms with E-state index >= 15 is 0 Å². The SMILES string of the molecule is CCCc1c(NC)ncnc1NC(C)c1ccc(C)s1. The van der Waals surface area contributed by atoms with Crippen LogP contribution in [0.5, 0.6) is 0 Å². The number of aryl methyl sites for hydroxylation is 1. The van der Waals surface area contributed by atoms with Gasteiger partial charge in [0.15, 0.2) is 0 Å². The number of rotatable bonds is 6. The molecule has 0 amide bonds. The van der Waals surface area contributed by atoms with Crippen LogP contribution in [0.25, 0.3) is 0 Å². The van der Waals surface area contributed by atoms with Crippen LogP contribution in [0.2, 0.25) is 0 Å². The molecule has 2 heterocycles. The van der Waals surface area contributed by atoms with E-state index in [-0.39, 0.29) is 6.04 Å². The molecule has 2 aromatic rings. The number of anilines is 2. The van der Waals surface area contributed by atoms with E-state index in [1.807, 2.05) is 18.4 Å². The Kier molecular flexibility index (Phi) is 4.95. The highest BCUT2D eigenvalue weighted by molar-refractivity contribution is 7.12. The van der Waals surface area contributed by atoms with Crippen LogP contribution >= 0.6 is 11.3 Å². The van der Waals surface area contributed by atoms with E-state index in [0.717, 1.165) is 30.0 Å². The number of hydrogen-bond acceptors (Lipinski definition) is 5. The fourth-order valence-corrected chi connectivity index (χ4v) is 3.08. The second-order valence-corrected chi connectivity index (χ2v) is 6.18. The third kappa shape index (κ3) is 3.28. The van der Waals surface area contributed by atoms with Crippen LogP contribution in [0.4, 0.5) is 11.6 Å². The Hall–Kier alpha value is -1.62. The molecule has 0 fully saturated rings. The number of nitrogens with one attached hydrogen (secondary N) is 2. The van der Waals surface area contributed by atoms with Gasteiger partial charge in [-0.1, -0.05) is 13.3 Å². The van der Waals surface area contributed by atoms with E-state index in [1.165, 1.54) is 9.75 Å². The van der Waals surface area contributed by atoms with Crippen LogP contribution < -0.4 is 10.6 Å². The van der Waals surface area contributed by atoms with E-state index in [4.69, 9.17) is 0 Å². The monoisotopic (exact) mass is 290 g/mol. The third-order valence-electron chi connectivity index (χ3n) is 3.22. The first kappa shape index (κ1) is 14.8. The average Bonchev–Trinajstić information content (AvgIpc) is 2.87. The van der Waals surface area contributed by atoms with Gasteiger partial charge in [-0.2, -0.15) is 0 Å². The third-order valence-corrected chi connectivity index (χ3v) is 4.41. The zero-order chi connectivity index (χ0) is 14.5. The summed E-state index contributed by atoms with van der Waals surface area (Å²) >= 11 is 1.82. The molecule has 0 aliphatic carbocycles. The van der Waals surface area contributed by atoms with Gasteiger partial charge in [-0.25, -0.2) is 9.97 Å². The standard InChI is InChI=1S/C15H22N4S/c1-5-6-12-14(16-4)17-9-18-15(12)19-11(3)13-8-7-10(2)20-13/h7-9,11H,5-6H2,1-4H3,(H2,16,17,18,19). The van der Waals surface area contributed by atoms with Crippen LogP contribution in [0, 0.1) is 6.92 Å². The van der Waals surface area contributed by atoms with Gasteiger partial charge in [0, 0.05) is 22.4 Å². The minimum Gasteiger partial charge on any atom is -0.373 e. The Labute approximate surface area is 124 Å². The predicted octanol–water partition coefficient (Wildman–Crippen LogP) is 4.01. The largest absolute Gasteiger partial charge is 0.373 e. The van der Waals surface area contributed by atoms with Gasteiger partial charge in [-0.15, -0.1) is 11.3 Å². The summed E-state index contributed by atoms with van der Waals surface area (Å²) in [5.41, 5.74) is 1.16. The van der Waals surface area contributed by atoms with Crippen molar-refractivity contribution in [3.05, 3.63) is 33.8 Å². The van der Waals surface area contributed by atoms with Gasteiger partial charge in [0.1, 0.15) is 18.0 Å². The van der Waals surface area contributed by atoms with Crippen molar-refractivity contribution >= 4 is 23.0 Å². The van der Waals surface area contributed by atoms with Crippen molar-refractivity contribution in [1.29, 1.82) is 0 Å². The van der Waals surface area contributed by atoms with Crippen molar-refractivity contribution in [3.63, 3.8) is 0 Å². The zero-order valence-electron chi connectivity index (χ0n) is 12.5. The predicted molar refractivity (Wildman–Crippen MR) is 86.7 cm³/mol. The molecular formula is C15H22N4S. The molecule has 20 heavy (non-hydrogen) atoms. The molecule has 0 aliphatic rings. The molecule has 0 spiro atoms. The number of hydrogen-bond donors (Lipinski definition) is 2. The lowest BCUT2D eigenvalue weighted by Gasteiger charge is -2.17. The summed E-state index contributed by atoms with van der Waals surface area (Å²) in [6.07, 6.45) is 3.65. The highest BCUT2D eigenvalue weighted by atomic mass is 32.1. The second-order valence-electron chi connectivity index (χ2n) is 4.86. The number of aromatic nitrogens is 2. The fraction of sp³-hybridized carbons (Fsp3) is 0.467. The first-order valence-corrected chi connectivity index (χ1v) is 7.81. The summed E-state index contributed by atoms with van der Waals surface area (Å²) in [5, 5.41) is 6.67. The Morgan fingerprint density at radius 3 is 2.60 bits per heavy atom. The Bertz CT molecular complexity index is 565. The maximum atomic E-state index is 4.42. The number of thiophene rings is 1. The van der Waals surface area contributed by atoms with E-state index in [2.05, 4.69) is 53.5 Å². The quantitative estimate of drug-likeness (QED) is 0.844. The molecule has 1 unspecified atom stereocenters. The van der Waals surface area contributed by atoms with Crippen LogP contribution in [0.3, 0.4) is 0 Å². The lowest BCUT2D eigenvalue weighted by Crippen LogP contribution is -2.11. The van der Waals surface area contributed by atoms with E-state index in [0.29, 0.717) is 0 Å². The van der Waals surface area contributed by atoms with Gasteiger partial charge in [0.05, 0.1) is 6.04 Å². The molecule has 5 heteroatoms. The minimum atomic E-state index is 0.254. The van der Waals surface area contributed by atoms with Gasteiger partial charge in [0.25, 0.3) is 0 Å². The second kappa shape index (κ2) is 6.70. The zero-order valence-corrected chi connectivity index (χ0v) is 13.3. The lowest BCUT2D eigenvalue weighted by atomic mass is 10.1. The van der Waals surface area contributed by atoms with Crippen molar-refractivity contribution in [3.8, 4) is 0 Å². The van der Waals surface area contributed by atoms with Gasteiger partial charge >= 0.3 is 0 Å². The summed E-state index contributed by atoms with van der Waals surface area (Å²) in [6, 6.07) is 4.59. The Morgan fingerprint density at radius 2 is 2.00 bits per heavy atom. The van der Waals surface area contributed by atoms with Crippen molar-refractivity contribution in [1.82, 2.24) is 9.97 Å². The van der Waals surface area contributed by atoms with E-state index < -0.39 is 0 Å². The maximum Gasteiger partial charge on any atom is 0.135 e. The Balaban J connectivity index is 2.24. The lowest BCUT2D eigenvalue weighted by molar-refractivity contribution is 0.860. The summed E-state index contributed by atoms with van der Waals surface area (Å²) in [4.78, 5) is 11.4. The van der Waals surface area contributed by atoms with Crippen molar-refractivity contribution < 1.29 is 0 Å². The summed E-state index contributed by atoms with van der Waals surface area (Å²) in [6.45, 7) is 6.47. The highest BCUT2D eigenvalue weighted by Gasteiger charge is 2.14. The first-order valence-electron chi connectivity index (χ1n) is 7.00. The van der Waals surface area contributed by atoms with E-state index in [1.54, 1.807) is 6.33 Å². The summed E-state index contributed by atoms with van der Waals surface area (Å²) in [7, 11) is 1.90. The van der Waals surface area contributed by atoms with Gasteiger partial charge in [0.2, 0.25) is 0 Å². The van der Waals surface area contributed by atoms with Crippen LogP contribution in [0.1, 0.15) is 41.6 Å². The topological polar surface area (TPSA) is 49.8 Å². The molecule has 2 aromatic heterocycles. The molecule has 0 radical (unpaired) electrons. The molecule has 108 valence electrons. The molecule has 0 aromatic carbocycles. The molecule has 2 N–H and O–H groups in total. The smallest absolute Gasteiger partial charge is 0.135 e. The van der Waals surface area contributed by atoms with Gasteiger partial charge in [-0.3, -0.25) is 0 Å². The molecule has 0 aliphatic heterocycles. The molecule has 4 nitrogen and oxygen atoms in total. The molecule has 1 atom stereocenters. The van der Waals surface area contributed by atoms with E-state index in [9.17, 15) is 0 Å². The van der Waals surface area contributed by atoms with Crippen molar-refractivity contribution in [2.45, 2.75) is 39.7 Å². The normalized spacial score (nSPS) is 12.2. The minimum absolute atomic E-state index is 0.254. The molecule has 0 saturated carbocycles.